The average molecular weight is 295 g/mol. The van der Waals surface area contributed by atoms with Crippen molar-refractivity contribution >= 4 is 17.7 Å². The summed E-state index contributed by atoms with van der Waals surface area (Å²) in [7, 11) is 0. The Morgan fingerprint density at radius 3 is 1.71 bits per heavy atom. The lowest BCUT2D eigenvalue weighted by Gasteiger charge is -2.36. The maximum atomic E-state index is 12.2. The van der Waals surface area contributed by atoms with E-state index in [-0.39, 0.29) is 17.7 Å². The first kappa shape index (κ1) is 15.8. The molecular weight excluding hydrogens is 270 g/mol. The molecule has 0 bridgehead atoms. The van der Waals surface area contributed by atoms with Gasteiger partial charge in [-0.15, -0.1) is 0 Å². The fraction of sp³-hybridized carbons (Fsp3) is 0.800. The molecule has 2 aliphatic rings. The Labute approximate surface area is 126 Å². The fourth-order valence-electron chi connectivity index (χ4n) is 2.81. The van der Waals surface area contributed by atoms with Crippen LogP contribution in [-0.2, 0) is 14.4 Å². The molecule has 1 atom stereocenters. The molecule has 1 unspecified atom stereocenters. The Balaban J connectivity index is 1.84. The van der Waals surface area contributed by atoms with E-state index in [9.17, 15) is 14.4 Å². The molecule has 2 fully saturated rings. The first-order valence-electron chi connectivity index (χ1n) is 7.91. The van der Waals surface area contributed by atoms with Crippen LogP contribution < -0.4 is 0 Å². The highest BCUT2D eigenvalue weighted by molar-refractivity contribution is 6.35. The molecule has 0 aromatic heterocycles. The zero-order valence-electron chi connectivity index (χ0n) is 13.0. The van der Waals surface area contributed by atoms with Crippen LogP contribution in [0.1, 0.15) is 33.1 Å². The highest BCUT2D eigenvalue weighted by Gasteiger charge is 2.32. The van der Waals surface area contributed by atoms with Gasteiger partial charge in [-0.1, -0.05) is 13.8 Å². The highest BCUT2D eigenvalue weighted by atomic mass is 16.2. The first-order valence-corrected chi connectivity index (χ1v) is 7.91. The summed E-state index contributed by atoms with van der Waals surface area (Å²) in [5.41, 5.74) is 0. The number of piperazine rings is 1. The molecule has 2 rings (SSSR count). The van der Waals surface area contributed by atoms with Crippen molar-refractivity contribution in [2.45, 2.75) is 33.1 Å². The van der Waals surface area contributed by atoms with Crippen molar-refractivity contribution in [3.8, 4) is 0 Å². The molecule has 21 heavy (non-hydrogen) atoms. The van der Waals surface area contributed by atoms with Gasteiger partial charge in [0.05, 0.1) is 0 Å². The summed E-state index contributed by atoms with van der Waals surface area (Å²) in [6.07, 6.45) is 2.79. The number of carbonyl (C=O) groups excluding carboxylic acids is 3. The monoisotopic (exact) mass is 295 g/mol. The molecular formula is C15H25N3O3. The van der Waals surface area contributed by atoms with Crippen LogP contribution in [0.5, 0.6) is 0 Å². The number of rotatable bonds is 2. The molecule has 2 aliphatic heterocycles. The third-order valence-corrected chi connectivity index (χ3v) is 4.49. The van der Waals surface area contributed by atoms with Crippen LogP contribution >= 0.6 is 0 Å². The van der Waals surface area contributed by atoms with E-state index in [1.165, 1.54) is 0 Å². The number of amides is 3. The van der Waals surface area contributed by atoms with E-state index < -0.39 is 5.91 Å². The zero-order valence-corrected chi connectivity index (χ0v) is 13.0. The topological polar surface area (TPSA) is 60.9 Å². The van der Waals surface area contributed by atoms with E-state index in [1.807, 2.05) is 13.8 Å². The van der Waals surface area contributed by atoms with Crippen LogP contribution in [0, 0.1) is 5.92 Å². The summed E-state index contributed by atoms with van der Waals surface area (Å²) in [4.78, 5) is 41.4. The average Bonchev–Trinajstić information content (AvgIpc) is 3.06. The second kappa shape index (κ2) is 6.91. The molecule has 0 aromatic carbocycles. The molecule has 0 radical (unpaired) electrons. The van der Waals surface area contributed by atoms with Crippen molar-refractivity contribution in [3.05, 3.63) is 0 Å². The number of carbonyl (C=O) groups is 3. The molecule has 2 saturated heterocycles. The summed E-state index contributed by atoms with van der Waals surface area (Å²) >= 11 is 0. The summed E-state index contributed by atoms with van der Waals surface area (Å²) in [6, 6.07) is 0. The van der Waals surface area contributed by atoms with Crippen molar-refractivity contribution in [2.24, 2.45) is 5.92 Å². The number of hydrogen-bond donors (Lipinski definition) is 0. The molecule has 0 spiro atoms. The predicted octanol–water partition coefficient (Wildman–Crippen LogP) is 0.326. The highest BCUT2D eigenvalue weighted by Crippen LogP contribution is 2.12. The minimum Gasteiger partial charge on any atom is -0.339 e. The van der Waals surface area contributed by atoms with Crippen molar-refractivity contribution in [3.63, 3.8) is 0 Å². The van der Waals surface area contributed by atoms with E-state index in [4.69, 9.17) is 0 Å². The number of nitrogens with zero attached hydrogens (tertiary/aromatic N) is 3. The van der Waals surface area contributed by atoms with Crippen molar-refractivity contribution in [2.75, 3.05) is 39.3 Å². The van der Waals surface area contributed by atoms with Crippen molar-refractivity contribution in [1.82, 2.24) is 14.7 Å². The normalized spacial score (nSPS) is 20.6. The minimum atomic E-state index is -0.410. The van der Waals surface area contributed by atoms with Crippen LogP contribution in [0.2, 0.25) is 0 Å². The maximum absolute atomic E-state index is 12.2. The summed E-state index contributed by atoms with van der Waals surface area (Å²) in [6.45, 7) is 7.29. The summed E-state index contributed by atoms with van der Waals surface area (Å²) < 4.78 is 0. The van der Waals surface area contributed by atoms with Gasteiger partial charge in [0, 0.05) is 45.2 Å². The van der Waals surface area contributed by atoms with Gasteiger partial charge < -0.3 is 14.7 Å². The summed E-state index contributed by atoms with van der Waals surface area (Å²) in [5, 5.41) is 0. The molecule has 118 valence electrons. The maximum Gasteiger partial charge on any atom is 0.312 e. The third kappa shape index (κ3) is 3.54. The second-order valence-corrected chi connectivity index (χ2v) is 5.93. The lowest BCUT2D eigenvalue weighted by molar-refractivity contribution is -0.153. The predicted molar refractivity (Wildman–Crippen MR) is 78.4 cm³/mol. The van der Waals surface area contributed by atoms with Crippen LogP contribution in [-0.4, -0.2) is 71.7 Å². The Bertz CT molecular complexity index is 410. The molecule has 0 aliphatic carbocycles. The number of likely N-dealkylation sites (tertiary alicyclic amines) is 1. The third-order valence-electron chi connectivity index (χ3n) is 4.49. The SMILES string of the molecule is CCC(C)C(=O)N1CCN(C(=O)C(=O)N2CCCC2)CC1. The molecule has 0 N–H and O–H groups in total. The van der Waals surface area contributed by atoms with Gasteiger partial charge >= 0.3 is 11.8 Å². The Morgan fingerprint density at radius 1 is 0.810 bits per heavy atom. The fourth-order valence-corrected chi connectivity index (χ4v) is 2.81. The van der Waals surface area contributed by atoms with E-state index in [2.05, 4.69) is 0 Å². The molecule has 2 heterocycles. The smallest absolute Gasteiger partial charge is 0.312 e. The van der Waals surface area contributed by atoms with E-state index in [0.29, 0.717) is 39.3 Å². The van der Waals surface area contributed by atoms with Crippen molar-refractivity contribution in [1.29, 1.82) is 0 Å². The van der Waals surface area contributed by atoms with Crippen LogP contribution in [0.25, 0.3) is 0 Å². The molecule has 6 heteroatoms. The second-order valence-electron chi connectivity index (χ2n) is 5.93. The van der Waals surface area contributed by atoms with Crippen LogP contribution in [0.15, 0.2) is 0 Å². The van der Waals surface area contributed by atoms with Gasteiger partial charge in [0.15, 0.2) is 0 Å². The van der Waals surface area contributed by atoms with E-state index in [1.54, 1.807) is 14.7 Å². The molecule has 3 amide bonds. The van der Waals surface area contributed by atoms with E-state index >= 15 is 0 Å². The quantitative estimate of drug-likeness (QED) is 0.690. The molecule has 0 aromatic rings. The van der Waals surface area contributed by atoms with Gasteiger partial charge in [0.25, 0.3) is 0 Å². The molecule has 6 nitrogen and oxygen atoms in total. The van der Waals surface area contributed by atoms with Crippen LogP contribution in [0.3, 0.4) is 0 Å². The van der Waals surface area contributed by atoms with Gasteiger partial charge in [-0.3, -0.25) is 14.4 Å². The first-order chi connectivity index (χ1) is 10.0. The zero-order chi connectivity index (χ0) is 15.4. The van der Waals surface area contributed by atoms with Gasteiger partial charge in [-0.2, -0.15) is 0 Å². The Hall–Kier alpha value is -1.59. The lowest BCUT2D eigenvalue weighted by atomic mass is 10.1. The minimum absolute atomic E-state index is 0.0264. The lowest BCUT2D eigenvalue weighted by Crippen LogP contribution is -2.54. The Kier molecular flexibility index (Phi) is 5.20. The standard InChI is InChI=1S/C15H25N3O3/c1-3-12(2)13(19)17-8-10-18(11-9-17)15(21)14(20)16-6-4-5-7-16/h12H,3-11H2,1-2H3. The van der Waals surface area contributed by atoms with Gasteiger partial charge in [-0.05, 0) is 19.3 Å². The van der Waals surface area contributed by atoms with Gasteiger partial charge in [0.1, 0.15) is 0 Å². The molecule has 0 saturated carbocycles. The van der Waals surface area contributed by atoms with Crippen molar-refractivity contribution < 1.29 is 14.4 Å². The van der Waals surface area contributed by atoms with Gasteiger partial charge in [0.2, 0.25) is 5.91 Å². The largest absolute Gasteiger partial charge is 0.339 e. The summed E-state index contributed by atoms with van der Waals surface area (Å²) in [5.74, 6) is -0.615. The Morgan fingerprint density at radius 2 is 1.24 bits per heavy atom. The number of hydrogen-bond acceptors (Lipinski definition) is 3. The van der Waals surface area contributed by atoms with Crippen LogP contribution in [0.4, 0.5) is 0 Å². The van der Waals surface area contributed by atoms with Gasteiger partial charge in [-0.25, -0.2) is 0 Å². The van der Waals surface area contributed by atoms with E-state index in [0.717, 1.165) is 19.3 Å².